The molecule has 36 heavy (non-hydrogen) atoms. The number of carbonyl (C=O) groups excluding carboxylic acids is 3. The molecule has 188 valence electrons. The van der Waals surface area contributed by atoms with Gasteiger partial charge in [0.25, 0.3) is 15.9 Å². The summed E-state index contributed by atoms with van der Waals surface area (Å²) in [7, 11) is -1.63. The van der Waals surface area contributed by atoms with Crippen LogP contribution in [0.4, 0.5) is 11.4 Å². The topological polar surface area (TPSA) is 128 Å². The van der Waals surface area contributed by atoms with Gasteiger partial charge in [-0.2, -0.15) is 0 Å². The van der Waals surface area contributed by atoms with Gasteiger partial charge in [-0.05, 0) is 73.9 Å². The van der Waals surface area contributed by atoms with E-state index in [2.05, 4.69) is 10.0 Å². The maximum atomic E-state index is 13.2. The molecule has 2 N–H and O–H groups in total. The molecule has 0 unspecified atom stereocenters. The minimum absolute atomic E-state index is 0.0283. The number of sulfonamides is 1. The van der Waals surface area contributed by atoms with E-state index in [1.165, 1.54) is 50.6 Å². The normalized spacial score (nSPS) is 10.9. The zero-order valence-corrected chi connectivity index (χ0v) is 21.3. The van der Waals surface area contributed by atoms with Crippen molar-refractivity contribution in [2.24, 2.45) is 0 Å². The molecular weight excluding hydrogens is 484 g/mol. The second-order valence-electron chi connectivity index (χ2n) is 8.14. The molecule has 0 bridgehead atoms. The van der Waals surface area contributed by atoms with Gasteiger partial charge in [0.2, 0.25) is 0 Å². The summed E-state index contributed by atoms with van der Waals surface area (Å²) in [6.45, 7) is 5.27. The van der Waals surface area contributed by atoms with Crippen LogP contribution in [0.3, 0.4) is 0 Å². The lowest BCUT2D eigenvalue weighted by molar-refractivity contribution is 0.0598. The Hall–Kier alpha value is -4.18. The number of nitrogens with one attached hydrogen (secondary N) is 2. The standard InChI is InChI=1S/C26H26N2O7S/c1-15-6-7-16(2)22(10-15)28-36(32,33)23-14-18(9-8-17(23)3)24(29)27-21-12-19(25(30)34-4)11-20(13-21)26(31)35-5/h6-14,28H,1-5H3,(H,27,29). The largest absolute Gasteiger partial charge is 0.465 e. The molecule has 0 heterocycles. The predicted octanol–water partition coefficient (Wildman–Crippen LogP) is 4.24. The van der Waals surface area contributed by atoms with Gasteiger partial charge in [0.15, 0.2) is 0 Å². The molecule has 9 nitrogen and oxygen atoms in total. The van der Waals surface area contributed by atoms with Gasteiger partial charge in [0, 0.05) is 11.3 Å². The Bertz CT molecular complexity index is 1430. The van der Waals surface area contributed by atoms with Crippen molar-refractivity contribution in [3.8, 4) is 0 Å². The summed E-state index contributed by atoms with van der Waals surface area (Å²) in [6.07, 6.45) is 0. The average molecular weight is 511 g/mol. The van der Waals surface area contributed by atoms with E-state index in [1.54, 1.807) is 19.9 Å². The number of methoxy groups -OCH3 is 2. The zero-order valence-electron chi connectivity index (χ0n) is 20.5. The molecule has 0 spiro atoms. The summed E-state index contributed by atoms with van der Waals surface area (Å²) in [6, 6.07) is 13.6. The van der Waals surface area contributed by atoms with Crippen molar-refractivity contribution in [3.63, 3.8) is 0 Å². The maximum absolute atomic E-state index is 13.2. The van der Waals surface area contributed by atoms with Crippen LogP contribution in [-0.4, -0.2) is 40.5 Å². The van der Waals surface area contributed by atoms with Crippen LogP contribution in [0, 0.1) is 20.8 Å². The minimum atomic E-state index is -4.01. The summed E-state index contributed by atoms with van der Waals surface area (Å²) >= 11 is 0. The number of ether oxygens (including phenoxy) is 2. The zero-order chi connectivity index (χ0) is 26.6. The lowest BCUT2D eigenvalue weighted by Crippen LogP contribution is -2.18. The van der Waals surface area contributed by atoms with E-state index < -0.39 is 27.9 Å². The summed E-state index contributed by atoms with van der Waals surface area (Å²) in [4.78, 5) is 37.0. The monoisotopic (exact) mass is 510 g/mol. The maximum Gasteiger partial charge on any atom is 0.337 e. The predicted molar refractivity (Wildman–Crippen MR) is 135 cm³/mol. The van der Waals surface area contributed by atoms with E-state index in [1.807, 2.05) is 19.1 Å². The molecule has 0 saturated carbocycles. The third kappa shape index (κ3) is 5.89. The molecule has 10 heteroatoms. The van der Waals surface area contributed by atoms with E-state index in [9.17, 15) is 22.8 Å². The van der Waals surface area contributed by atoms with E-state index >= 15 is 0 Å². The first-order valence-corrected chi connectivity index (χ1v) is 12.3. The molecular formula is C26H26N2O7S. The highest BCUT2D eigenvalue weighted by Gasteiger charge is 2.21. The first kappa shape index (κ1) is 26.4. The second kappa shape index (κ2) is 10.6. The molecule has 0 aliphatic heterocycles. The van der Waals surface area contributed by atoms with Gasteiger partial charge in [-0.15, -0.1) is 0 Å². The highest BCUT2D eigenvalue weighted by atomic mass is 32.2. The first-order chi connectivity index (χ1) is 16.9. The number of esters is 2. The molecule has 0 aromatic heterocycles. The number of hydrogen-bond acceptors (Lipinski definition) is 7. The number of anilines is 2. The van der Waals surface area contributed by atoms with Crippen molar-refractivity contribution in [1.29, 1.82) is 0 Å². The van der Waals surface area contributed by atoms with Gasteiger partial charge >= 0.3 is 11.9 Å². The van der Waals surface area contributed by atoms with Gasteiger partial charge in [-0.1, -0.05) is 18.2 Å². The SMILES string of the molecule is COC(=O)c1cc(NC(=O)c2ccc(C)c(S(=O)(=O)Nc3cc(C)ccc3C)c2)cc(C(=O)OC)c1. The van der Waals surface area contributed by atoms with Crippen LogP contribution < -0.4 is 10.0 Å². The summed E-state index contributed by atoms with van der Waals surface area (Å²) in [5.74, 6) is -2.06. The van der Waals surface area contributed by atoms with E-state index in [0.717, 1.165) is 11.1 Å². The number of aryl methyl sites for hydroxylation is 3. The molecule has 3 aromatic carbocycles. The molecule has 3 aromatic rings. The number of benzene rings is 3. The van der Waals surface area contributed by atoms with Crippen molar-refractivity contribution in [1.82, 2.24) is 0 Å². The molecule has 3 rings (SSSR count). The van der Waals surface area contributed by atoms with Crippen LogP contribution in [0.2, 0.25) is 0 Å². The molecule has 0 atom stereocenters. The molecule has 0 fully saturated rings. The number of hydrogen-bond donors (Lipinski definition) is 2. The van der Waals surface area contributed by atoms with Gasteiger partial charge in [-0.25, -0.2) is 18.0 Å². The van der Waals surface area contributed by atoms with Gasteiger partial charge in [0.1, 0.15) is 0 Å². The summed E-state index contributed by atoms with van der Waals surface area (Å²) in [5.41, 5.74) is 2.78. The Morgan fingerprint density at radius 1 is 0.722 bits per heavy atom. The average Bonchev–Trinajstić information content (AvgIpc) is 2.84. The Labute approximate surface area is 209 Å². The first-order valence-electron chi connectivity index (χ1n) is 10.8. The van der Waals surface area contributed by atoms with Gasteiger partial charge in [0.05, 0.1) is 35.9 Å². The Morgan fingerprint density at radius 3 is 1.89 bits per heavy atom. The fourth-order valence-corrected chi connectivity index (χ4v) is 4.84. The van der Waals surface area contributed by atoms with Gasteiger partial charge in [-0.3, -0.25) is 9.52 Å². The van der Waals surface area contributed by atoms with E-state index in [0.29, 0.717) is 11.3 Å². The lowest BCUT2D eigenvalue weighted by atomic mass is 10.1. The number of carbonyl (C=O) groups is 3. The quantitative estimate of drug-likeness (QED) is 0.455. The van der Waals surface area contributed by atoms with Crippen LogP contribution >= 0.6 is 0 Å². The third-order valence-electron chi connectivity index (χ3n) is 5.41. The van der Waals surface area contributed by atoms with Crippen LogP contribution in [0.25, 0.3) is 0 Å². The molecule has 0 aliphatic rings. The Kier molecular flexibility index (Phi) is 7.79. The molecule has 1 amide bonds. The highest BCUT2D eigenvalue weighted by Crippen LogP contribution is 2.25. The number of rotatable bonds is 7. The molecule has 0 aliphatic carbocycles. The third-order valence-corrected chi connectivity index (χ3v) is 6.92. The Balaban J connectivity index is 1.95. The van der Waals surface area contributed by atoms with Crippen molar-refractivity contribution in [3.05, 3.63) is 88.0 Å². The lowest BCUT2D eigenvalue weighted by Gasteiger charge is -2.14. The summed E-state index contributed by atoms with van der Waals surface area (Å²) in [5, 5.41) is 2.59. The van der Waals surface area contributed by atoms with Crippen LogP contribution in [-0.2, 0) is 19.5 Å². The fourth-order valence-electron chi connectivity index (χ4n) is 3.45. The van der Waals surface area contributed by atoms with E-state index in [-0.39, 0.29) is 27.3 Å². The van der Waals surface area contributed by atoms with Crippen molar-refractivity contribution in [2.45, 2.75) is 25.7 Å². The van der Waals surface area contributed by atoms with Crippen LogP contribution in [0.5, 0.6) is 0 Å². The van der Waals surface area contributed by atoms with E-state index in [4.69, 9.17) is 9.47 Å². The van der Waals surface area contributed by atoms with Crippen molar-refractivity contribution < 1.29 is 32.3 Å². The summed E-state index contributed by atoms with van der Waals surface area (Å²) < 4.78 is 38.4. The van der Waals surface area contributed by atoms with Crippen molar-refractivity contribution >= 4 is 39.2 Å². The molecule has 0 radical (unpaired) electrons. The minimum Gasteiger partial charge on any atom is -0.465 e. The molecule has 0 saturated heterocycles. The highest BCUT2D eigenvalue weighted by molar-refractivity contribution is 7.92. The van der Waals surface area contributed by atoms with Crippen LogP contribution in [0.1, 0.15) is 47.8 Å². The second-order valence-corrected chi connectivity index (χ2v) is 9.79. The van der Waals surface area contributed by atoms with Crippen molar-refractivity contribution in [2.75, 3.05) is 24.3 Å². The van der Waals surface area contributed by atoms with Gasteiger partial charge < -0.3 is 14.8 Å². The Morgan fingerprint density at radius 2 is 1.31 bits per heavy atom. The fraction of sp³-hybridized carbons (Fsp3) is 0.192. The smallest absolute Gasteiger partial charge is 0.337 e. The van der Waals surface area contributed by atoms with Crippen LogP contribution in [0.15, 0.2) is 59.5 Å². The number of amides is 1.